The Balaban J connectivity index is 1.69. The van der Waals surface area contributed by atoms with Crippen LogP contribution in [-0.2, 0) is 20.0 Å². The van der Waals surface area contributed by atoms with Crippen LogP contribution in [0.15, 0.2) is 24.3 Å². The zero-order valence-corrected chi connectivity index (χ0v) is 19.3. The molecule has 0 radical (unpaired) electrons. The fourth-order valence-corrected chi connectivity index (χ4v) is 5.02. The van der Waals surface area contributed by atoms with Gasteiger partial charge in [-0.05, 0) is 30.5 Å². The monoisotopic (exact) mass is 448 g/mol. The molecule has 6 nitrogen and oxygen atoms in total. The summed E-state index contributed by atoms with van der Waals surface area (Å²) in [5.41, 5.74) is -0.595. The highest BCUT2D eigenvalue weighted by molar-refractivity contribution is 6.30. The summed E-state index contributed by atoms with van der Waals surface area (Å²) >= 11 is 6.02. The summed E-state index contributed by atoms with van der Waals surface area (Å²) in [6.45, 7) is 7.65. The minimum Gasteiger partial charge on any atom is -0.385 e. The number of hydrogen-bond acceptors (Lipinski definition) is 5. The number of carbonyl (C=O) groups is 3. The maximum absolute atomic E-state index is 12.7. The van der Waals surface area contributed by atoms with Crippen molar-refractivity contribution in [3.8, 4) is 0 Å². The molecule has 1 saturated heterocycles. The molecule has 1 unspecified atom stereocenters. The summed E-state index contributed by atoms with van der Waals surface area (Å²) in [4.78, 5) is 37.9. The van der Waals surface area contributed by atoms with Crippen LogP contribution in [-0.4, -0.2) is 53.7 Å². The normalized spacial score (nSPS) is 28.2. The number of aldehydes is 1. The van der Waals surface area contributed by atoms with Gasteiger partial charge in [0.2, 0.25) is 5.91 Å². The van der Waals surface area contributed by atoms with E-state index in [4.69, 9.17) is 11.6 Å². The quantitative estimate of drug-likeness (QED) is 0.626. The van der Waals surface area contributed by atoms with Crippen molar-refractivity contribution in [1.82, 2.24) is 10.2 Å². The highest BCUT2D eigenvalue weighted by atomic mass is 35.5. The van der Waals surface area contributed by atoms with Crippen LogP contribution in [0.1, 0.15) is 52.0 Å². The molecule has 7 heteroatoms. The highest BCUT2D eigenvalue weighted by Gasteiger charge is 2.49. The summed E-state index contributed by atoms with van der Waals surface area (Å²) in [6, 6.07) is 7.00. The molecule has 1 aromatic rings. The molecule has 0 aromatic heterocycles. The molecule has 31 heavy (non-hydrogen) atoms. The Morgan fingerprint density at radius 1 is 1.35 bits per heavy atom. The van der Waals surface area contributed by atoms with E-state index in [9.17, 15) is 19.5 Å². The lowest BCUT2D eigenvalue weighted by Crippen LogP contribution is -2.58. The predicted molar refractivity (Wildman–Crippen MR) is 120 cm³/mol. The Bertz CT molecular complexity index is 825. The summed E-state index contributed by atoms with van der Waals surface area (Å²) in [5.74, 6) is -0.652. The zero-order chi connectivity index (χ0) is 22.8. The molecule has 1 aromatic carbocycles. The van der Waals surface area contributed by atoms with E-state index in [2.05, 4.69) is 10.2 Å². The molecule has 1 aliphatic carbocycles. The van der Waals surface area contributed by atoms with Gasteiger partial charge in [-0.3, -0.25) is 9.59 Å². The fraction of sp³-hybridized carbons (Fsp3) is 0.625. The molecule has 1 heterocycles. The Hall–Kier alpha value is -1.76. The summed E-state index contributed by atoms with van der Waals surface area (Å²) < 4.78 is 0. The molecule has 0 spiro atoms. The Morgan fingerprint density at radius 3 is 2.58 bits per heavy atom. The number of aliphatic hydroxyl groups is 1. The SMILES string of the molecule is C[C@@H](C=O)C(CN1CC[C@](O)(c2ccc(Cl)cc2)C(C)(C)C1)NC(=O)[C@@H]1CCC(=O)C1. The maximum Gasteiger partial charge on any atom is 0.223 e. The van der Waals surface area contributed by atoms with Gasteiger partial charge in [0.25, 0.3) is 0 Å². The first kappa shape index (κ1) is 23.9. The standard InChI is InChI=1S/C24H33ClN2O4/c1-16(14-28)21(26-22(30)17-4-9-20(29)12-17)13-27-11-10-24(31,23(2,3)15-27)18-5-7-19(25)8-6-18/h5-8,14,16-17,21,31H,4,9-13,15H2,1-3H3,(H,26,30)/t16-,17+,21?,24-/m0/s1. The van der Waals surface area contributed by atoms with Gasteiger partial charge in [0.05, 0.1) is 11.6 Å². The first-order chi connectivity index (χ1) is 14.6. The van der Waals surface area contributed by atoms with E-state index in [-0.39, 0.29) is 29.6 Å². The summed E-state index contributed by atoms with van der Waals surface area (Å²) in [5, 5.41) is 15.2. The van der Waals surface area contributed by atoms with Crippen molar-refractivity contribution in [1.29, 1.82) is 0 Å². The van der Waals surface area contributed by atoms with Crippen LogP contribution in [0.5, 0.6) is 0 Å². The van der Waals surface area contributed by atoms with Crippen molar-refractivity contribution in [2.24, 2.45) is 17.3 Å². The molecule has 1 aliphatic heterocycles. The van der Waals surface area contributed by atoms with Gasteiger partial charge in [0.1, 0.15) is 12.1 Å². The molecule has 3 rings (SSSR count). The van der Waals surface area contributed by atoms with Crippen LogP contribution in [0.4, 0.5) is 0 Å². The van der Waals surface area contributed by atoms with Crippen molar-refractivity contribution in [2.75, 3.05) is 19.6 Å². The van der Waals surface area contributed by atoms with E-state index < -0.39 is 11.0 Å². The summed E-state index contributed by atoms with van der Waals surface area (Å²) in [6.07, 6.45) is 2.73. The van der Waals surface area contributed by atoms with Gasteiger partial charge < -0.3 is 20.1 Å². The second-order valence-electron chi connectivity index (χ2n) is 9.82. The third kappa shape index (κ3) is 5.18. The van der Waals surface area contributed by atoms with Gasteiger partial charge >= 0.3 is 0 Å². The number of ketones is 1. The van der Waals surface area contributed by atoms with Crippen LogP contribution in [0.25, 0.3) is 0 Å². The van der Waals surface area contributed by atoms with E-state index in [1.165, 1.54) is 0 Å². The molecular formula is C24H33ClN2O4. The molecule has 170 valence electrons. The molecule has 2 aliphatic rings. The van der Waals surface area contributed by atoms with Crippen molar-refractivity contribution in [2.45, 2.75) is 58.1 Å². The molecular weight excluding hydrogens is 416 g/mol. The minimum atomic E-state index is -0.993. The summed E-state index contributed by atoms with van der Waals surface area (Å²) in [7, 11) is 0. The number of amides is 1. The lowest BCUT2D eigenvalue weighted by molar-refractivity contribution is -0.132. The number of nitrogens with zero attached hydrogens (tertiary/aromatic N) is 1. The molecule has 4 atom stereocenters. The van der Waals surface area contributed by atoms with Crippen LogP contribution >= 0.6 is 11.6 Å². The van der Waals surface area contributed by atoms with Crippen LogP contribution in [0, 0.1) is 17.3 Å². The van der Waals surface area contributed by atoms with Crippen LogP contribution in [0.3, 0.4) is 0 Å². The lowest BCUT2D eigenvalue weighted by Gasteiger charge is -2.51. The van der Waals surface area contributed by atoms with Crippen molar-refractivity contribution in [3.63, 3.8) is 0 Å². The number of carbonyl (C=O) groups excluding carboxylic acids is 3. The molecule has 2 fully saturated rings. The second-order valence-corrected chi connectivity index (χ2v) is 10.3. The number of hydrogen-bond donors (Lipinski definition) is 2. The minimum absolute atomic E-state index is 0.124. The largest absolute Gasteiger partial charge is 0.385 e. The van der Waals surface area contributed by atoms with E-state index in [0.717, 1.165) is 11.8 Å². The van der Waals surface area contributed by atoms with E-state index >= 15 is 0 Å². The van der Waals surface area contributed by atoms with Crippen molar-refractivity contribution >= 4 is 29.6 Å². The first-order valence-corrected chi connectivity index (χ1v) is 11.4. The fourth-order valence-electron chi connectivity index (χ4n) is 4.90. The molecule has 1 amide bonds. The topological polar surface area (TPSA) is 86.7 Å². The van der Waals surface area contributed by atoms with E-state index in [1.54, 1.807) is 19.1 Å². The van der Waals surface area contributed by atoms with Gasteiger partial charge in [-0.25, -0.2) is 0 Å². The van der Waals surface area contributed by atoms with Gasteiger partial charge in [-0.1, -0.05) is 44.5 Å². The smallest absolute Gasteiger partial charge is 0.223 e. The Morgan fingerprint density at radius 2 is 2.03 bits per heavy atom. The Kier molecular flexibility index (Phi) is 7.24. The van der Waals surface area contributed by atoms with Gasteiger partial charge in [-0.2, -0.15) is 0 Å². The zero-order valence-electron chi connectivity index (χ0n) is 18.6. The number of benzene rings is 1. The number of Topliss-reactive ketones (excluding diaryl/α,β-unsaturated/α-hetero) is 1. The number of piperidine rings is 1. The third-order valence-corrected chi connectivity index (χ3v) is 7.35. The van der Waals surface area contributed by atoms with Gasteiger partial charge in [0, 0.05) is 54.7 Å². The number of nitrogens with one attached hydrogen (secondary N) is 1. The van der Waals surface area contributed by atoms with Gasteiger partial charge in [-0.15, -0.1) is 0 Å². The Labute approximate surface area is 189 Å². The second kappa shape index (κ2) is 9.39. The average Bonchev–Trinajstić information content (AvgIpc) is 3.16. The third-order valence-electron chi connectivity index (χ3n) is 7.10. The number of rotatable bonds is 7. The lowest BCUT2D eigenvalue weighted by atomic mass is 9.66. The molecule has 2 N–H and O–H groups in total. The van der Waals surface area contributed by atoms with E-state index in [0.29, 0.717) is 50.3 Å². The molecule has 1 saturated carbocycles. The predicted octanol–water partition coefficient (Wildman–Crippen LogP) is 2.95. The maximum atomic E-state index is 12.7. The average molecular weight is 449 g/mol. The first-order valence-electron chi connectivity index (χ1n) is 11.0. The number of likely N-dealkylation sites (tertiary alicyclic amines) is 1. The number of halogens is 1. The highest BCUT2D eigenvalue weighted by Crippen LogP contribution is 2.46. The van der Waals surface area contributed by atoms with Crippen LogP contribution < -0.4 is 5.32 Å². The van der Waals surface area contributed by atoms with E-state index in [1.807, 2.05) is 26.0 Å². The van der Waals surface area contributed by atoms with Crippen molar-refractivity contribution in [3.05, 3.63) is 34.9 Å². The van der Waals surface area contributed by atoms with Crippen molar-refractivity contribution < 1.29 is 19.5 Å². The van der Waals surface area contributed by atoms with Crippen LogP contribution in [0.2, 0.25) is 5.02 Å². The van der Waals surface area contributed by atoms with Gasteiger partial charge in [0.15, 0.2) is 0 Å². The molecule has 0 bridgehead atoms.